The van der Waals surface area contributed by atoms with Crippen LogP contribution in [-0.4, -0.2) is 100 Å². The lowest BCUT2D eigenvalue weighted by Crippen LogP contribution is -2.46. The Morgan fingerprint density at radius 1 is 1.05 bits per heavy atom. The Hall–Kier alpha value is -0.0800. The highest BCUT2D eigenvalue weighted by Crippen LogP contribution is 2.05. The van der Waals surface area contributed by atoms with Crippen molar-refractivity contribution in [3.05, 3.63) is 0 Å². The minimum absolute atomic E-state index is 0. The first-order valence-electron chi connectivity index (χ1n) is 7.20. The first kappa shape index (κ1) is 19.9. The second-order valence-electron chi connectivity index (χ2n) is 6.14. The SMILES string of the molecule is CC(CN=C(N(C)C)N(C)C)CN1CCN(C)CC1.I. The summed E-state index contributed by atoms with van der Waals surface area (Å²) in [5.41, 5.74) is 0. The van der Waals surface area contributed by atoms with Gasteiger partial charge in [-0.3, -0.25) is 4.99 Å². The van der Waals surface area contributed by atoms with Crippen molar-refractivity contribution in [2.24, 2.45) is 10.9 Å². The number of rotatable bonds is 4. The summed E-state index contributed by atoms with van der Waals surface area (Å²) in [6.45, 7) is 9.12. The summed E-state index contributed by atoms with van der Waals surface area (Å²) in [4.78, 5) is 13.8. The molecule has 0 aliphatic carbocycles. The molecule has 1 heterocycles. The highest BCUT2D eigenvalue weighted by molar-refractivity contribution is 14.0. The predicted octanol–water partition coefficient (Wildman–Crippen LogP) is 0.967. The van der Waals surface area contributed by atoms with E-state index in [0.717, 1.165) is 19.0 Å². The van der Waals surface area contributed by atoms with Gasteiger partial charge in [0.25, 0.3) is 0 Å². The molecule has 0 bridgehead atoms. The largest absolute Gasteiger partial charge is 0.349 e. The molecule has 0 spiro atoms. The fraction of sp³-hybridized carbons (Fsp3) is 0.929. The minimum Gasteiger partial charge on any atom is -0.349 e. The van der Waals surface area contributed by atoms with Crippen molar-refractivity contribution in [3.8, 4) is 0 Å². The molecule has 6 heteroatoms. The van der Waals surface area contributed by atoms with Crippen LogP contribution >= 0.6 is 24.0 Å². The van der Waals surface area contributed by atoms with E-state index in [4.69, 9.17) is 4.99 Å². The summed E-state index contributed by atoms with van der Waals surface area (Å²) >= 11 is 0. The van der Waals surface area contributed by atoms with E-state index in [0.29, 0.717) is 5.92 Å². The summed E-state index contributed by atoms with van der Waals surface area (Å²) in [7, 11) is 10.4. The molecule has 1 rings (SSSR count). The zero-order valence-electron chi connectivity index (χ0n) is 14.0. The second-order valence-corrected chi connectivity index (χ2v) is 6.14. The van der Waals surface area contributed by atoms with Crippen molar-refractivity contribution in [2.75, 3.05) is 74.5 Å². The van der Waals surface area contributed by atoms with Crippen LogP contribution in [0.2, 0.25) is 0 Å². The standard InChI is InChI=1S/C14H31N5.HI/c1-13(11-15-14(16(2)3)17(4)5)12-19-9-7-18(6)8-10-19;/h13H,7-12H2,1-6H3;1H. The summed E-state index contributed by atoms with van der Waals surface area (Å²) < 4.78 is 0. The van der Waals surface area contributed by atoms with Gasteiger partial charge in [-0.2, -0.15) is 0 Å². The van der Waals surface area contributed by atoms with Crippen LogP contribution in [0.3, 0.4) is 0 Å². The van der Waals surface area contributed by atoms with Gasteiger partial charge in [-0.1, -0.05) is 6.92 Å². The molecule has 0 aromatic carbocycles. The topological polar surface area (TPSA) is 25.3 Å². The zero-order chi connectivity index (χ0) is 14.4. The number of hydrogen-bond donors (Lipinski definition) is 0. The van der Waals surface area contributed by atoms with E-state index in [-0.39, 0.29) is 24.0 Å². The average molecular weight is 397 g/mol. The lowest BCUT2D eigenvalue weighted by molar-refractivity contribution is 0.140. The number of likely N-dealkylation sites (N-methyl/N-ethyl adjacent to an activating group) is 1. The predicted molar refractivity (Wildman–Crippen MR) is 98.2 cm³/mol. The van der Waals surface area contributed by atoms with Crippen LogP contribution in [-0.2, 0) is 0 Å². The Kier molecular flexibility index (Phi) is 9.74. The molecule has 0 radical (unpaired) electrons. The smallest absolute Gasteiger partial charge is 0.195 e. The van der Waals surface area contributed by atoms with Gasteiger partial charge in [0.15, 0.2) is 5.96 Å². The first-order valence-corrected chi connectivity index (χ1v) is 7.20. The van der Waals surface area contributed by atoms with Gasteiger partial charge in [0, 0.05) is 67.5 Å². The molecule has 1 saturated heterocycles. The fourth-order valence-electron chi connectivity index (χ4n) is 2.45. The monoisotopic (exact) mass is 397 g/mol. The van der Waals surface area contributed by atoms with Crippen LogP contribution in [0.15, 0.2) is 4.99 Å². The molecule has 1 fully saturated rings. The Morgan fingerprint density at radius 3 is 2.00 bits per heavy atom. The van der Waals surface area contributed by atoms with E-state index in [1.54, 1.807) is 0 Å². The van der Waals surface area contributed by atoms with Gasteiger partial charge in [-0.05, 0) is 13.0 Å². The molecule has 120 valence electrons. The van der Waals surface area contributed by atoms with Crippen molar-refractivity contribution in [3.63, 3.8) is 0 Å². The first-order chi connectivity index (χ1) is 8.90. The lowest BCUT2D eigenvalue weighted by Gasteiger charge is -2.33. The highest BCUT2D eigenvalue weighted by Gasteiger charge is 2.16. The maximum absolute atomic E-state index is 4.73. The third kappa shape index (κ3) is 7.08. The van der Waals surface area contributed by atoms with Gasteiger partial charge in [-0.25, -0.2) is 0 Å². The molecule has 5 nitrogen and oxygen atoms in total. The average Bonchev–Trinajstić information content (AvgIpc) is 2.31. The Morgan fingerprint density at radius 2 is 1.55 bits per heavy atom. The van der Waals surface area contributed by atoms with E-state index in [1.807, 2.05) is 28.2 Å². The van der Waals surface area contributed by atoms with Crippen molar-refractivity contribution >= 4 is 29.9 Å². The van der Waals surface area contributed by atoms with Crippen LogP contribution in [0.1, 0.15) is 6.92 Å². The second kappa shape index (κ2) is 9.78. The Labute approximate surface area is 142 Å². The maximum atomic E-state index is 4.73. The molecule has 0 saturated carbocycles. The summed E-state index contributed by atoms with van der Waals surface area (Å²) in [6, 6.07) is 0. The molecule has 1 aliphatic heterocycles. The molecule has 1 aliphatic rings. The lowest BCUT2D eigenvalue weighted by atomic mass is 10.1. The normalized spacial score (nSPS) is 18.1. The van der Waals surface area contributed by atoms with E-state index < -0.39 is 0 Å². The zero-order valence-corrected chi connectivity index (χ0v) is 16.3. The Bertz CT molecular complexity index is 275. The number of piperazine rings is 1. The van der Waals surface area contributed by atoms with Gasteiger partial charge in [0.2, 0.25) is 0 Å². The number of halogens is 1. The van der Waals surface area contributed by atoms with E-state index in [9.17, 15) is 0 Å². The van der Waals surface area contributed by atoms with Gasteiger partial charge in [0.05, 0.1) is 0 Å². The molecule has 0 N–H and O–H groups in total. The van der Waals surface area contributed by atoms with Gasteiger partial charge >= 0.3 is 0 Å². The van der Waals surface area contributed by atoms with Crippen molar-refractivity contribution in [2.45, 2.75) is 6.92 Å². The molecule has 20 heavy (non-hydrogen) atoms. The van der Waals surface area contributed by atoms with Gasteiger partial charge in [-0.15, -0.1) is 24.0 Å². The molecule has 1 unspecified atom stereocenters. The van der Waals surface area contributed by atoms with Crippen LogP contribution in [0.4, 0.5) is 0 Å². The van der Waals surface area contributed by atoms with E-state index in [2.05, 4.69) is 33.6 Å². The fourth-order valence-corrected chi connectivity index (χ4v) is 2.45. The quantitative estimate of drug-likeness (QED) is 0.401. The summed E-state index contributed by atoms with van der Waals surface area (Å²) in [6.07, 6.45) is 0. The number of guanidine groups is 1. The van der Waals surface area contributed by atoms with Crippen LogP contribution in [0, 0.1) is 5.92 Å². The third-order valence-corrected chi connectivity index (χ3v) is 3.51. The minimum atomic E-state index is 0. The van der Waals surface area contributed by atoms with E-state index >= 15 is 0 Å². The maximum Gasteiger partial charge on any atom is 0.195 e. The number of aliphatic imine (C=N–C) groups is 1. The third-order valence-electron chi connectivity index (χ3n) is 3.51. The molecular formula is C14H32IN5. The van der Waals surface area contributed by atoms with Crippen LogP contribution < -0.4 is 0 Å². The summed E-state index contributed by atoms with van der Waals surface area (Å²) in [5, 5.41) is 0. The van der Waals surface area contributed by atoms with E-state index in [1.165, 1.54) is 26.2 Å². The number of nitrogens with zero attached hydrogens (tertiary/aromatic N) is 5. The van der Waals surface area contributed by atoms with Crippen molar-refractivity contribution in [1.82, 2.24) is 19.6 Å². The summed E-state index contributed by atoms with van der Waals surface area (Å²) in [5.74, 6) is 1.66. The highest BCUT2D eigenvalue weighted by atomic mass is 127. The molecule has 0 aromatic rings. The molecule has 0 aromatic heterocycles. The van der Waals surface area contributed by atoms with Crippen LogP contribution in [0.5, 0.6) is 0 Å². The molecular weight excluding hydrogens is 365 g/mol. The van der Waals surface area contributed by atoms with Crippen molar-refractivity contribution in [1.29, 1.82) is 0 Å². The van der Waals surface area contributed by atoms with Crippen LogP contribution in [0.25, 0.3) is 0 Å². The van der Waals surface area contributed by atoms with Gasteiger partial charge in [0.1, 0.15) is 0 Å². The molecule has 0 amide bonds. The van der Waals surface area contributed by atoms with Gasteiger partial charge < -0.3 is 19.6 Å². The van der Waals surface area contributed by atoms with Crippen molar-refractivity contribution < 1.29 is 0 Å². The molecule has 1 atom stereocenters. The number of hydrogen-bond acceptors (Lipinski definition) is 3. The Balaban J connectivity index is 0.00000361.